The second-order valence-electron chi connectivity index (χ2n) is 8.93. The molecule has 0 radical (unpaired) electrons. The van der Waals surface area contributed by atoms with Crippen molar-refractivity contribution >= 4 is 28.9 Å². The average molecular weight is 461 g/mol. The van der Waals surface area contributed by atoms with Gasteiger partial charge in [0.1, 0.15) is 24.7 Å². The summed E-state index contributed by atoms with van der Waals surface area (Å²) in [6.45, 7) is 11.3. The zero-order chi connectivity index (χ0) is 23.7. The van der Waals surface area contributed by atoms with Crippen LogP contribution >= 0.6 is 11.6 Å². The Morgan fingerprint density at radius 1 is 1.19 bits per heavy atom. The van der Waals surface area contributed by atoms with Crippen molar-refractivity contribution in [3.8, 4) is 5.75 Å². The van der Waals surface area contributed by atoms with Gasteiger partial charge in [0.25, 0.3) is 0 Å². The van der Waals surface area contributed by atoms with Crippen LogP contribution < -0.4 is 15.2 Å². The van der Waals surface area contributed by atoms with Crippen molar-refractivity contribution in [2.45, 2.75) is 60.1 Å². The van der Waals surface area contributed by atoms with Crippen LogP contribution in [0.2, 0.25) is 5.02 Å². The first-order valence-electron chi connectivity index (χ1n) is 11.0. The molecule has 0 spiro atoms. The van der Waals surface area contributed by atoms with Crippen LogP contribution in [-0.2, 0) is 16.1 Å². The number of carbonyl (C=O) groups excluding carboxylic acids is 1. The lowest BCUT2D eigenvalue weighted by atomic mass is 9.97. The number of unbranched alkanes of at least 4 members (excludes halogenated alkanes) is 1. The molecule has 2 aromatic rings. The van der Waals surface area contributed by atoms with Gasteiger partial charge in [0.15, 0.2) is 0 Å². The number of hydrogen-bond donors (Lipinski definition) is 1. The van der Waals surface area contributed by atoms with Crippen LogP contribution in [0.4, 0.5) is 11.4 Å². The van der Waals surface area contributed by atoms with E-state index in [0.717, 1.165) is 36.4 Å². The molecular formula is C25H35ClN3O3+. The highest BCUT2D eigenvalue weighted by atomic mass is 35.5. The molecule has 7 heteroatoms. The molecule has 0 saturated carbocycles. The van der Waals surface area contributed by atoms with Crippen LogP contribution in [0.5, 0.6) is 5.75 Å². The van der Waals surface area contributed by atoms with Crippen molar-refractivity contribution in [2.24, 2.45) is 10.5 Å². The highest BCUT2D eigenvalue weighted by molar-refractivity contribution is 6.30. The molecule has 0 amide bonds. The van der Waals surface area contributed by atoms with Gasteiger partial charge in [-0.15, -0.1) is 0 Å². The second-order valence-corrected chi connectivity index (χ2v) is 9.37. The molecule has 174 valence electrons. The minimum Gasteiger partial charge on any atom is -0.491 e. The number of rotatable bonds is 11. The molecule has 0 aliphatic heterocycles. The number of ether oxygens (including phenoxy) is 2. The molecule has 0 heterocycles. The first kappa shape index (κ1) is 25.7. The van der Waals surface area contributed by atoms with Gasteiger partial charge >= 0.3 is 5.97 Å². The van der Waals surface area contributed by atoms with Crippen LogP contribution in [0, 0.1) is 5.41 Å². The summed E-state index contributed by atoms with van der Waals surface area (Å²) in [5.74, 6) is 0.516. The predicted octanol–water partition coefficient (Wildman–Crippen LogP) is 5.35. The first-order valence-corrected chi connectivity index (χ1v) is 11.4. The van der Waals surface area contributed by atoms with Gasteiger partial charge in [-0.3, -0.25) is 4.79 Å². The fourth-order valence-corrected chi connectivity index (χ4v) is 3.25. The quantitative estimate of drug-likeness (QED) is 0.362. The molecule has 2 aromatic carbocycles. The van der Waals surface area contributed by atoms with Crippen LogP contribution in [0.25, 0.3) is 0 Å². The Morgan fingerprint density at radius 3 is 2.47 bits per heavy atom. The van der Waals surface area contributed by atoms with Crippen molar-refractivity contribution in [3.63, 3.8) is 0 Å². The standard InChI is InChI=1S/C25H34ClN3O3/c1-6-7-14-29(18(2)16-31-22-11-8-20(26)9-12-22)21-10-13-23(28-27)19(15-21)17-32-24(30)25(3,4)5/h8-13,15,18,27H,6-7,14,16-17H2,1-5H3/p+1. The van der Waals surface area contributed by atoms with Crippen molar-refractivity contribution < 1.29 is 19.8 Å². The molecule has 0 aliphatic carbocycles. The van der Waals surface area contributed by atoms with E-state index < -0.39 is 5.41 Å². The first-order chi connectivity index (χ1) is 15.2. The molecule has 1 atom stereocenters. The number of nitrogens with two attached hydrogens (primary N) is 1. The lowest BCUT2D eigenvalue weighted by Crippen LogP contribution is -2.38. The molecule has 1 unspecified atom stereocenters. The van der Waals surface area contributed by atoms with E-state index in [-0.39, 0.29) is 18.6 Å². The Morgan fingerprint density at radius 2 is 1.88 bits per heavy atom. The van der Waals surface area contributed by atoms with Crippen LogP contribution in [0.15, 0.2) is 47.6 Å². The number of esters is 1. The molecule has 0 bridgehead atoms. The molecule has 0 fully saturated rings. The van der Waals surface area contributed by atoms with Gasteiger partial charge in [-0.05, 0) is 81.7 Å². The third kappa shape index (κ3) is 7.52. The van der Waals surface area contributed by atoms with E-state index in [4.69, 9.17) is 26.6 Å². The minimum atomic E-state index is -0.571. The van der Waals surface area contributed by atoms with Crippen molar-refractivity contribution in [2.75, 3.05) is 18.1 Å². The van der Waals surface area contributed by atoms with E-state index in [1.165, 1.54) is 0 Å². The summed E-state index contributed by atoms with van der Waals surface area (Å²) in [7, 11) is 0. The Kier molecular flexibility index (Phi) is 9.51. The highest BCUT2D eigenvalue weighted by Gasteiger charge is 2.24. The molecule has 0 aromatic heterocycles. The van der Waals surface area contributed by atoms with E-state index in [1.54, 1.807) is 0 Å². The summed E-state index contributed by atoms with van der Waals surface area (Å²) in [4.78, 5) is 14.5. The largest absolute Gasteiger partial charge is 0.491 e. The van der Waals surface area contributed by atoms with Gasteiger partial charge in [0, 0.05) is 22.8 Å². The number of benzene rings is 2. The molecule has 2 rings (SSSR count). The number of nitrogens with zero attached hydrogens (tertiary/aromatic N) is 2. The zero-order valence-corrected chi connectivity index (χ0v) is 20.5. The maximum absolute atomic E-state index is 12.2. The summed E-state index contributed by atoms with van der Waals surface area (Å²) in [5.41, 5.74) is 7.40. The second kappa shape index (κ2) is 11.9. The van der Waals surface area contributed by atoms with Gasteiger partial charge in [-0.2, -0.15) is 5.53 Å². The number of halogens is 1. The molecule has 2 N–H and O–H groups in total. The molecule has 0 saturated heterocycles. The summed E-state index contributed by atoms with van der Waals surface area (Å²) >= 11 is 5.96. The lowest BCUT2D eigenvalue weighted by molar-refractivity contribution is -0.210. The number of anilines is 1. The molecule has 0 aliphatic rings. The van der Waals surface area contributed by atoms with Gasteiger partial charge < -0.3 is 14.4 Å². The zero-order valence-electron chi connectivity index (χ0n) is 19.7. The maximum atomic E-state index is 12.2. The monoisotopic (exact) mass is 460 g/mol. The average Bonchev–Trinajstić information content (AvgIpc) is 2.76. The van der Waals surface area contributed by atoms with Gasteiger partial charge in [-0.1, -0.05) is 24.9 Å². The van der Waals surface area contributed by atoms with Gasteiger partial charge in [-0.25, -0.2) is 0 Å². The number of hydrogen-bond acceptors (Lipinski definition) is 5. The van der Waals surface area contributed by atoms with E-state index in [9.17, 15) is 4.79 Å². The molecule has 32 heavy (non-hydrogen) atoms. The topological polar surface area (TPSA) is 76.7 Å². The van der Waals surface area contributed by atoms with Crippen LogP contribution in [-0.4, -0.2) is 25.2 Å². The van der Waals surface area contributed by atoms with Gasteiger partial charge in [0.05, 0.1) is 11.5 Å². The predicted molar refractivity (Wildman–Crippen MR) is 128 cm³/mol. The fourth-order valence-electron chi connectivity index (χ4n) is 3.12. The molecule has 6 nitrogen and oxygen atoms in total. The summed E-state index contributed by atoms with van der Waals surface area (Å²) in [6, 6.07) is 13.3. The Hall–Kier alpha value is -2.60. The van der Waals surface area contributed by atoms with Crippen molar-refractivity contribution in [1.82, 2.24) is 0 Å². The van der Waals surface area contributed by atoms with Crippen molar-refractivity contribution in [3.05, 3.63) is 53.1 Å². The Bertz CT molecular complexity index is 894. The summed E-state index contributed by atoms with van der Waals surface area (Å²) < 4.78 is 11.5. The lowest BCUT2D eigenvalue weighted by Gasteiger charge is -2.32. The minimum absolute atomic E-state index is 0.114. The van der Waals surface area contributed by atoms with E-state index in [0.29, 0.717) is 17.3 Å². The third-order valence-electron chi connectivity index (χ3n) is 5.09. The van der Waals surface area contributed by atoms with Crippen molar-refractivity contribution in [1.29, 1.82) is 0 Å². The van der Waals surface area contributed by atoms with Gasteiger partial charge in [0.2, 0.25) is 0 Å². The fraction of sp³-hybridized carbons (Fsp3) is 0.480. The van der Waals surface area contributed by atoms with E-state index in [1.807, 2.05) is 63.2 Å². The summed E-state index contributed by atoms with van der Waals surface area (Å²) in [6.07, 6.45) is 2.12. The Labute approximate surface area is 196 Å². The summed E-state index contributed by atoms with van der Waals surface area (Å²) in [5, 5.41) is 4.54. The van der Waals surface area contributed by atoms with Crippen LogP contribution in [0.3, 0.4) is 0 Å². The SMILES string of the molecule is CCCCN(c1ccc(N=[NH2+])c(COC(=O)C(C)(C)C)c1)C(C)COc1ccc(Cl)cc1. The normalized spacial score (nSPS) is 12.2. The smallest absolute Gasteiger partial charge is 0.311 e. The number of carbonyl (C=O) groups is 1. The van der Waals surface area contributed by atoms with Crippen LogP contribution in [0.1, 0.15) is 53.0 Å². The van der Waals surface area contributed by atoms with E-state index >= 15 is 0 Å². The maximum Gasteiger partial charge on any atom is 0.311 e. The highest BCUT2D eigenvalue weighted by Crippen LogP contribution is 2.28. The van der Waals surface area contributed by atoms with E-state index in [2.05, 4.69) is 23.9 Å². The third-order valence-corrected chi connectivity index (χ3v) is 5.35. The Balaban J connectivity index is 2.19. The molecular weight excluding hydrogens is 426 g/mol.